The summed E-state index contributed by atoms with van der Waals surface area (Å²) in [5.74, 6) is 0.106. The van der Waals surface area contributed by atoms with Crippen LogP contribution in [0.3, 0.4) is 0 Å². The second kappa shape index (κ2) is 10.7. The van der Waals surface area contributed by atoms with Gasteiger partial charge in [0.15, 0.2) is 23.1 Å². The fraction of sp³-hybridized carbons (Fsp3) is 0.360. The lowest BCUT2D eigenvalue weighted by molar-refractivity contribution is 0.1000. The zero-order valence-corrected chi connectivity index (χ0v) is 19.4. The first-order chi connectivity index (χ1) is 16.4. The number of piperazine rings is 1. The normalized spacial score (nSPS) is 14.8. The first-order valence-corrected chi connectivity index (χ1v) is 11.2. The van der Waals surface area contributed by atoms with Crippen LogP contribution in [0.4, 0.5) is 4.39 Å². The molecule has 2 heterocycles. The third kappa shape index (κ3) is 5.55. The molecule has 8 nitrogen and oxygen atoms in total. The number of halogens is 1. The van der Waals surface area contributed by atoms with E-state index in [0.717, 1.165) is 45.2 Å². The number of ether oxygens (including phenoxy) is 3. The lowest BCUT2D eigenvalue weighted by Gasteiger charge is -2.32. The number of carbonyl (C=O) groups excluding carboxylic acids is 1. The summed E-state index contributed by atoms with van der Waals surface area (Å²) in [6.45, 7) is 5.88. The van der Waals surface area contributed by atoms with Crippen LogP contribution < -0.4 is 19.9 Å². The van der Waals surface area contributed by atoms with Crippen molar-refractivity contribution < 1.29 is 23.4 Å². The summed E-state index contributed by atoms with van der Waals surface area (Å²) in [6, 6.07) is 9.04. The van der Waals surface area contributed by atoms with Crippen molar-refractivity contribution in [3.05, 3.63) is 54.0 Å². The molecule has 0 aliphatic carbocycles. The second-order valence-electron chi connectivity index (χ2n) is 8.29. The summed E-state index contributed by atoms with van der Waals surface area (Å²) >= 11 is 0. The molecule has 1 aromatic heterocycles. The Labute approximate surface area is 198 Å². The molecule has 1 aliphatic rings. The summed E-state index contributed by atoms with van der Waals surface area (Å²) < 4.78 is 31.8. The smallest absolute Gasteiger partial charge is 0.248 e. The minimum atomic E-state index is -0.708. The van der Waals surface area contributed by atoms with E-state index < -0.39 is 11.7 Å². The van der Waals surface area contributed by atoms with Crippen molar-refractivity contribution in [1.82, 2.24) is 14.8 Å². The number of primary amides is 1. The standard InChI is InChI=1S/C25H29FN4O4/c1-29-9-11-30(12-10-29)8-3-13-33-24-16-20-18(15-23(24)32-2)21(6-7-28-20)34-22-5-4-17(25(27)31)14-19(22)26/h4-7,14-16H,3,8-13H2,1-2H3,(H2,27,31). The fourth-order valence-electron chi connectivity index (χ4n) is 3.89. The average molecular weight is 469 g/mol. The Bertz CT molecular complexity index is 1170. The van der Waals surface area contributed by atoms with Crippen LogP contribution in [0, 0.1) is 5.82 Å². The molecular weight excluding hydrogens is 439 g/mol. The molecule has 2 N–H and O–H groups in total. The van der Waals surface area contributed by atoms with Crippen LogP contribution in [-0.4, -0.2) is 74.2 Å². The number of benzene rings is 2. The van der Waals surface area contributed by atoms with Crippen LogP contribution in [0.5, 0.6) is 23.0 Å². The number of carbonyl (C=O) groups is 1. The Morgan fingerprint density at radius 3 is 2.56 bits per heavy atom. The molecule has 1 amide bonds. The number of likely N-dealkylation sites (N-methyl/N-ethyl adjacent to an activating group) is 1. The molecule has 34 heavy (non-hydrogen) atoms. The molecule has 9 heteroatoms. The maximum atomic E-state index is 14.4. The highest BCUT2D eigenvalue weighted by atomic mass is 19.1. The molecular formula is C25H29FN4O4. The predicted molar refractivity (Wildman–Crippen MR) is 127 cm³/mol. The maximum absolute atomic E-state index is 14.4. The first kappa shape index (κ1) is 23.7. The maximum Gasteiger partial charge on any atom is 0.248 e. The van der Waals surface area contributed by atoms with Gasteiger partial charge in [-0.25, -0.2) is 4.39 Å². The van der Waals surface area contributed by atoms with E-state index in [9.17, 15) is 9.18 Å². The van der Waals surface area contributed by atoms with E-state index >= 15 is 0 Å². The number of rotatable bonds is 9. The van der Waals surface area contributed by atoms with Crippen molar-refractivity contribution in [2.24, 2.45) is 5.73 Å². The van der Waals surface area contributed by atoms with Crippen molar-refractivity contribution in [2.75, 3.05) is 53.5 Å². The Kier molecular flexibility index (Phi) is 7.44. The summed E-state index contributed by atoms with van der Waals surface area (Å²) in [5, 5.41) is 0.641. The van der Waals surface area contributed by atoms with Gasteiger partial charge < -0.3 is 29.7 Å². The van der Waals surface area contributed by atoms with E-state index in [2.05, 4.69) is 21.8 Å². The molecule has 0 radical (unpaired) electrons. The predicted octanol–water partition coefficient (Wildman–Crippen LogP) is 3.29. The van der Waals surface area contributed by atoms with Gasteiger partial charge in [-0.1, -0.05) is 0 Å². The van der Waals surface area contributed by atoms with E-state index in [4.69, 9.17) is 19.9 Å². The molecule has 3 aromatic rings. The number of amides is 1. The van der Waals surface area contributed by atoms with Crippen LogP contribution >= 0.6 is 0 Å². The topological polar surface area (TPSA) is 90.1 Å². The summed E-state index contributed by atoms with van der Waals surface area (Å²) in [6.07, 6.45) is 2.49. The number of hydrogen-bond acceptors (Lipinski definition) is 7. The molecule has 2 aromatic carbocycles. The molecule has 180 valence electrons. The summed E-state index contributed by atoms with van der Waals surface area (Å²) in [7, 11) is 3.71. The fourth-order valence-corrected chi connectivity index (χ4v) is 3.89. The third-order valence-electron chi connectivity index (χ3n) is 5.90. The van der Waals surface area contributed by atoms with Gasteiger partial charge in [0.1, 0.15) is 5.75 Å². The highest BCUT2D eigenvalue weighted by molar-refractivity contribution is 5.93. The lowest BCUT2D eigenvalue weighted by Crippen LogP contribution is -2.44. The van der Waals surface area contributed by atoms with Gasteiger partial charge in [-0.3, -0.25) is 9.78 Å². The van der Waals surface area contributed by atoms with Crippen molar-refractivity contribution >= 4 is 16.8 Å². The van der Waals surface area contributed by atoms with Crippen molar-refractivity contribution in [2.45, 2.75) is 6.42 Å². The quantitative estimate of drug-likeness (QED) is 0.482. The van der Waals surface area contributed by atoms with Crippen molar-refractivity contribution in [3.63, 3.8) is 0 Å². The van der Waals surface area contributed by atoms with Gasteiger partial charge in [-0.15, -0.1) is 0 Å². The SMILES string of the molecule is COc1cc2c(Oc3ccc(C(N)=O)cc3F)ccnc2cc1OCCCN1CCN(C)CC1. The third-order valence-corrected chi connectivity index (χ3v) is 5.90. The van der Waals surface area contributed by atoms with Crippen LogP contribution in [0.15, 0.2) is 42.6 Å². The molecule has 1 saturated heterocycles. The minimum Gasteiger partial charge on any atom is -0.493 e. The van der Waals surface area contributed by atoms with Crippen molar-refractivity contribution in [3.8, 4) is 23.0 Å². The van der Waals surface area contributed by atoms with E-state index in [1.54, 1.807) is 31.5 Å². The average Bonchev–Trinajstić information content (AvgIpc) is 2.83. The Morgan fingerprint density at radius 1 is 1.06 bits per heavy atom. The molecule has 0 bridgehead atoms. The van der Waals surface area contributed by atoms with Gasteiger partial charge in [-0.05, 0) is 43.8 Å². The molecule has 0 unspecified atom stereocenters. The summed E-state index contributed by atoms with van der Waals surface area (Å²) in [4.78, 5) is 20.4. The number of pyridine rings is 1. The van der Waals surface area contributed by atoms with Gasteiger partial charge in [0.2, 0.25) is 5.91 Å². The van der Waals surface area contributed by atoms with Crippen LogP contribution in [0.25, 0.3) is 10.9 Å². The zero-order valence-electron chi connectivity index (χ0n) is 19.4. The highest BCUT2D eigenvalue weighted by Crippen LogP contribution is 2.37. The van der Waals surface area contributed by atoms with Crippen LogP contribution in [0.1, 0.15) is 16.8 Å². The number of aromatic nitrogens is 1. The molecule has 1 fully saturated rings. The molecule has 0 spiro atoms. The van der Waals surface area contributed by atoms with E-state index in [1.165, 1.54) is 12.1 Å². The lowest BCUT2D eigenvalue weighted by atomic mass is 10.1. The van der Waals surface area contributed by atoms with Gasteiger partial charge in [0.05, 0.1) is 19.2 Å². The number of nitrogens with two attached hydrogens (primary N) is 1. The summed E-state index contributed by atoms with van der Waals surface area (Å²) in [5.41, 5.74) is 5.90. The Morgan fingerprint density at radius 2 is 1.85 bits per heavy atom. The van der Waals surface area contributed by atoms with Gasteiger partial charge in [0, 0.05) is 55.9 Å². The first-order valence-electron chi connectivity index (χ1n) is 11.2. The molecule has 0 saturated carbocycles. The monoisotopic (exact) mass is 468 g/mol. The van der Waals surface area contributed by atoms with Gasteiger partial charge in [-0.2, -0.15) is 0 Å². The van der Waals surface area contributed by atoms with Crippen molar-refractivity contribution in [1.29, 1.82) is 0 Å². The highest BCUT2D eigenvalue weighted by Gasteiger charge is 2.16. The van der Waals surface area contributed by atoms with E-state index in [-0.39, 0.29) is 11.3 Å². The Hall–Kier alpha value is -3.43. The zero-order chi connectivity index (χ0) is 24.1. The second-order valence-corrected chi connectivity index (χ2v) is 8.29. The number of nitrogens with zero attached hydrogens (tertiary/aromatic N) is 3. The number of methoxy groups -OCH3 is 1. The largest absolute Gasteiger partial charge is 0.493 e. The Balaban J connectivity index is 1.47. The van der Waals surface area contributed by atoms with E-state index in [1.807, 2.05) is 0 Å². The number of fused-ring (bicyclic) bond motifs is 1. The van der Waals surface area contributed by atoms with Crippen LogP contribution in [0.2, 0.25) is 0 Å². The van der Waals surface area contributed by atoms with Gasteiger partial charge >= 0.3 is 0 Å². The molecule has 4 rings (SSSR count). The van der Waals surface area contributed by atoms with E-state index in [0.29, 0.717) is 34.8 Å². The van der Waals surface area contributed by atoms with Crippen LogP contribution in [-0.2, 0) is 0 Å². The van der Waals surface area contributed by atoms with Gasteiger partial charge in [0.25, 0.3) is 0 Å². The minimum absolute atomic E-state index is 0.0271. The number of hydrogen-bond donors (Lipinski definition) is 1. The molecule has 0 atom stereocenters. The molecule has 1 aliphatic heterocycles.